The van der Waals surface area contributed by atoms with E-state index in [0.29, 0.717) is 41.8 Å². The summed E-state index contributed by atoms with van der Waals surface area (Å²) < 4.78 is 42.3. The van der Waals surface area contributed by atoms with Crippen LogP contribution in [0.15, 0.2) is 64.0 Å². The lowest BCUT2D eigenvalue weighted by Gasteiger charge is -2.46. The molecule has 1 saturated carbocycles. The van der Waals surface area contributed by atoms with E-state index in [4.69, 9.17) is 25.8 Å². The molecule has 2 aliphatic heterocycles. The molecule has 1 N–H and O–H groups in total. The number of anilines is 1. The van der Waals surface area contributed by atoms with Crippen LogP contribution in [0.5, 0.6) is 5.75 Å². The van der Waals surface area contributed by atoms with Crippen LogP contribution in [0.4, 0.5) is 10.5 Å². The monoisotopic (exact) mass is 792 g/mol. The molecular weight excluding hydrogens is 744 g/mol. The average Bonchev–Trinajstić information content (AvgIpc) is 3.38. The number of hydrogen-bond acceptors (Lipinski definition) is 9. The Morgan fingerprint density at radius 2 is 1.95 bits per heavy atom. The minimum Gasteiger partial charge on any atom is -0.490 e. The van der Waals surface area contributed by atoms with Gasteiger partial charge >= 0.3 is 6.09 Å². The molecule has 4 aliphatic rings. The van der Waals surface area contributed by atoms with E-state index in [-0.39, 0.29) is 34.3 Å². The number of rotatable bonds is 3. The summed E-state index contributed by atoms with van der Waals surface area (Å²) >= 11 is 6.48. The minimum absolute atomic E-state index is 0.00164. The molecule has 0 saturated heterocycles. The number of nitrogens with one attached hydrogen (secondary N) is 1. The standard InChI is InChI=1S/C40H49ClN6O7S/c1-25-31(22-46(6)42-25)36(48)43-55(51)29-13-16-35-33(20-29)47(23-40(24-52-35)17-7-9-26-19-28(41)12-15-32(26)40)21-27-11-14-30(27)34(54-38(50)45(4)5)10-8-18-53-39(2,3)37(49)44-55/h8,10,12-13,15-16,19-20,22,27,30,34H,7,9,11,14,17-18,21,23-24H2,1-6H3,(H,43,44,48,49,51)/b10-8+/t27-,30+,34-,40-,55?/m0/s1. The predicted octanol–water partition coefficient (Wildman–Crippen LogP) is 6.01. The molecule has 7 rings (SSSR count). The Balaban J connectivity index is 1.37. The molecule has 2 bridgehead atoms. The second-order valence-electron chi connectivity index (χ2n) is 15.9. The lowest BCUT2D eigenvalue weighted by Crippen LogP contribution is -2.50. The van der Waals surface area contributed by atoms with Gasteiger partial charge in [0.15, 0.2) is 9.92 Å². The van der Waals surface area contributed by atoms with Crippen molar-refractivity contribution in [2.45, 2.75) is 74.9 Å². The van der Waals surface area contributed by atoms with Gasteiger partial charge in [0.25, 0.3) is 11.8 Å². The SMILES string of the molecule is Cc1nn(C)cc1C(=O)NS1(=O)=NC(=O)C(C)(C)OC/C=C/[C@H](OC(=O)N(C)C)[C@@H]2CC[C@H]2CN2C[C@@]3(CCCc4cc(Cl)ccc43)COc3ccc1cc32. The van der Waals surface area contributed by atoms with Gasteiger partial charge in [-0.2, -0.15) is 5.10 Å². The van der Waals surface area contributed by atoms with Crippen LogP contribution in [0, 0.1) is 18.8 Å². The van der Waals surface area contributed by atoms with Crippen LogP contribution < -0.4 is 14.4 Å². The number of aromatic nitrogens is 2. The molecular formula is C40H49ClN6O7S. The number of aryl methyl sites for hydroxylation is 3. The van der Waals surface area contributed by atoms with Gasteiger partial charge < -0.3 is 24.0 Å². The summed E-state index contributed by atoms with van der Waals surface area (Å²) in [5.41, 5.74) is 1.79. The van der Waals surface area contributed by atoms with Crippen molar-refractivity contribution in [2.24, 2.45) is 23.2 Å². The molecule has 1 unspecified atom stereocenters. The van der Waals surface area contributed by atoms with E-state index < -0.39 is 39.5 Å². The topological polar surface area (TPSA) is 145 Å². The summed E-state index contributed by atoms with van der Waals surface area (Å²) in [5.74, 6) is -0.791. The van der Waals surface area contributed by atoms with Crippen molar-refractivity contribution in [3.8, 4) is 5.75 Å². The van der Waals surface area contributed by atoms with Crippen LogP contribution >= 0.6 is 11.6 Å². The highest BCUT2D eigenvalue weighted by Gasteiger charge is 2.45. The van der Waals surface area contributed by atoms with Gasteiger partial charge in [-0.15, -0.1) is 4.36 Å². The van der Waals surface area contributed by atoms with Crippen LogP contribution in [-0.4, -0.2) is 88.9 Å². The van der Waals surface area contributed by atoms with Crippen LogP contribution in [0.3, 0.4) is 0 Å². The van der Waals surface area contributed by atoms with Gasteiger partial charge in [0.1, 0.15) is 17.5 Å². The normalized spacial score (nSPS) is 27.9. The lowest BCUT2D eigenvalue weighted by molar-refractivity contribution is -0.137. The Labute approximate surface area is 327 Å². The molecule has 2 aliphatic carbocycles. The van der Waals surface area contributed by atoms with E-state index in [1.165, 1.54) is 40.8 Å². The number of halogens is 1. The number of ether oxygens (including phenoxy) is 3. The molecule has 0 radical (unpaired) electrons. The highest BCUT2D eigenvalue weighted by Crippen LogP contribution is 2.47. The molecule has 1 spiro atoms. The van der Waals surface area contributed by atoms with Crippen molar-refractivity contribution in [1.82, 2.24) is 19.4 Å². The zero-order valence-electron chi connectivity index (χ0n) is 32.2. The van der Waals surface area contributed by atoms with E-state index in [9.17, 15) is 14.4 Å². The molecule has 294 valence electrons. The number of nitrogens with zero attached hydrogens (tertiary/aromatic N) is 5. The Morgan fingerprint density at radius 3 is 2.65 bits per heavy atom. The first kappa shape index (κ1) is 38.9. The molecule has 15 heteroatoms. The van der Waals surface area contributed by atoms with Crippen LogP contribution in [-0.2, 0) is 43.1 Å². The number of amides is 3. The fraction of sp³-hybridized carbons (Fsp3) is 0.500. The van der Waals surface area contributed by atoms with Crippen molar-refractivity contribution in [3.05, 3.63) is 82.2 Å². The highest BCUT2D eigenvalue weighted by molar-refractivity contribution is 7.92. The van der Waals surface area contributed by atoms with Gasteiger partial charge in [-0.25, -0.2) is 9.00 Å². The molecule has 3 heterocycles. The summed E-state index contributed by atoms with van der Waals surface area (Å²) in [6.07, 6.45) is 8.65. The largest absolute Gasteiger partial charge is 0.490 e. The van der Waals surface area contributed by atoms with Gasteiger partial charge in [-0.05, 0) is 106 Å². The fourth-order valence-electron chi connectivity index (χ4n) is 8.17. The van der Waals surface area contributed by atoms with E-state index in [1.54, 1.807) is 52.3 Å². The average molecular weight is 793 g/mol. The van der Waals surface area contributed by atoms with Crippen molar-refractivity contribution in [1.29, 1.82) is 0 Å². The van der Waals surface area contributed by atoms with Crippen molar-refractivity contribution >= 4 is 45.1 Å². The minimum atomic E-state index is -3.95. The molecule has 3 amide bonds. The zero-order valence-corrected chi connectivity index (χ0v) is 33.7. The van der Waals surface area contributed by atoms with Gasteiger partial charge in [0.2, 0.25) is 0 Å². The number of fused-ring (bicyclic) bond motifs is 4. The Hall–Kier alpha value is -4.40. The summed E-state index contributed by atoms with van der Waals surface area (Å²) in [4.78, 5) is 44.4. The quantitative estimate of drug-likeness (QED) is 0.316. The number of carbonyl (C=O) groups excluding carboxylic acids is 3. The molecule has 5 atom stereocenters. The maximum atomic E-state index is 15.2. The highest BCUT2D eigenvalue weighted by atomic mass is 35.5. The number of hydrogen-bond donors (Lipinski definition) is 1. The Kier molecular flexibility index (Phi) is 10.5. The van der Waals surface area contributed by atoms with E-state index in [1.807, 2.05) is 18.2 Å². The number of carbonyl (C=O) groups is 3. The van der Waals surface area contributed by atoms with Crippen molar-refractivity contribution < 1.29 is 32.8 Å². The van der Waals surface area contributed by atoms with Gasteiger partial charge in [0, 0.05) is 56.8 Å². The maximum Gasteiger partial charge on any atom is 0.409 e. The van der Waals surface area contributed by atoms with Crippen LogP contribution in [0.2, 0.25) is 5.02 Å². The van der Waals surface area contributed by atoms with E-state index in [0.717, 1.165) is 32.1 Å². The van der Waals surface area contributed by atoms with Gasteiger partial charge in [-0.1, -0.05) is 23.7 Å². The fourth-order valence-corrected chi connectivity index (χ4v) is 9.97. The third-order valence-electron chi connectivity index (χ3n) is 11.4. The van der Waals surface area contributed by atoms with Crippen LogP contribution in [0.25, 0.3) is 0 Å². The van der Waals surface area contributed by atoms with Gasteiger partial charge in [0.05, 0.1) is 35.1 Å². The zero-order chi connectivity index (χ0) is 39.3. The second kappa shape index (κ2) is 14.9. The first-order valence-electron chi connectivity index (χ1n) is 18.7. The third-order valence-corrected chi connectivity index (χ3v) is 13.4. The first-order chi connectivity index (χ1) is 26.1. The van der Waals surface area contributed by atoms with Crippen molar-refractivity contribution in [3.63, 3.8) is 0 Å². The maximum absolute atomic E-state index is 15.2. The molecule has 1 fully saturated rings. The Bertz CT molecular complexity index is 2180. The molecule has 2 aromatic carbocycles. The summed E-state index contributed by atoms with van der Waals surface area (Å²) in [5, 5.41) is 4.96. The summed E-state index contributed by atoms with van der Waals surface area (Å²) in [6, 6.07) is 11.2. The van der Waals surface area contributed by atoms with E-state index >= 15 is 4.21 Å². The smallest absolute Gasteiger partial charge is 0.409 e. The van der Waals surface area contributed by atoms with Crippen LogP contribution in [0.1, 0.15) is 66.7 Å². The van der Waals surface area contributed by atoms with Crippen molar-refractivity contribution in [2.75, 3.05) is 45.3 Å². The first-order valence-corrected chi connectivity index (χ1v) is 20.6. The second-order valence-corrected chi connectivity index (χ2v) is 18.2. The van der Waals surface area contributed by atoms with E-state index in [2.05, 4.69) is 25.1 Å². The third kappa shape index (κ3) is 7.73. The Morgan fingerprint density at radius 1 is 1.15 bits per heavy atom. The molecule has 13 nitrogen and oxygen atoms in total. The molecule has 55 heavy (non-hydrogen) atoms. The predicted molar refractivity (Wildman–Crippen MR) is 209 cm³/mol. The molecule has 3 aromatic rings. The summed E-state index contributed by atoms with van der Waals surface area (Å²) in [6.45, 7) is 6.33. The summed E-state index contributed by atoms with van der Waals surface area (Å²) in [7, 11) is 1.04. The lowest BCUT2D eigenvalue weighted by atomic mass is 9.68. The number of benzene rings is 2. The van der Waals surface area contributed by atoms with Gasteiger partial charge in [-0.3, -0.25) is 19.0 Å². The molecule has 1 aromatic heterocycles.